The molecule has 2 heterocycles. The molecule has 0 aromatic heterocycles. The van der Waals surface area contributed by atoms with E-state index in [1.54, 1.807) is 0 Å². The van der Waals surface area contributed by atoms with E-state index in [-0.39, 0.29) is 0 Å². The zero-order valence-corrected chi connectivity index (χ0v) is 5.95. The van der Waals surface area contributed by atoms with Gasteiger partial charge in [0.1, 0.15) is 12.2 Å². The Morgan fingerprint density at radius 3 is 2.42 bits per heavy atom. The fourth-order valence-electron chi connectivity index (χ4n) is 1.40. The summed E-state index contributed by atoms with van der Waals surface area (Å²) in [5.41, 5.74) is 0. The Kier molecular flexibility index (Phi) is 1.58. The molecule has 12 heavy (non-hydrogen) atoms. The second-order valence-corrected chi connectivity index (χ2v) is 2.83. The lowest BCUT2D eigenvalue weighted by atomic mass is 10.1. The maximum absolute atomic E-state index is 10.7. The fourth-order valence-corrected chi connectivity index (χ4v) is 1.40. The lowest BCUT2D eigenvalue weighted by Crippen LogP contribution is -2.32. The van der Waals surface area contributed by atoms with Gasteiger partial charge in [-0.25, -0.2) is 4.79 Å². The molecule has 0 aliphatic carbocycles. The van der Waals surface area contributed by atoms with Crippen LogP contribution in [0.15, 0.2) is 0 Å². The van der Waals surface area contributed by atoms with Crippen LogP contribution >= 0.6 is 0 Å². The van der Waals surface area contributed by atoms with Crippen molar-refractivity contribution in [2.24, 2.45) is 0 Å². The Morgan fingerprint density at radius 2 is 1.83 bits per heavy atom. The zero-order chi connectivity index (χ0) is 8.88. The molecule has 2 aliphatic heterocycles. The van der Waals surface area contributed by atoms with Gasteiger partial charge in [0, 0.05) is 0 Å². The van der Waals surface area contributed by atoms with E-state index < -0.39 is 36.7 Å². The standard InChI is InChI=1S/C6H8O6/c7-1-3-4(12-5(1)9)2(8)6(10)11-3/h1-5,7-9H/t1?,2?,3-,4+,5-/m1/s1. The normalized spacial score (nSPS) is 52.2. The van der Waals surface area contributed by atoms with Crippen molar-refractivity contribution < 1.29 is 29.6 Å². The first kappa shape index (κ1) is 7.93. The van der Waals surface area contributed by atoms with Crippen LogP contribution in [0.2, 0.25) is 0 Å². The molecule has 0 aromatic rings. The molecule has 0 amide bonds. The minimum Gasteiger partial charge on any atom is -0.454 e. The van der Waals surface area contributed by atoms with E-state index in [2.05, 4.69) is 9.47 Å². The van der Waals surface area contributed by atoms with E-state index in [0.29, 0.717) is 0 Å². The SMILES string of the molecule is O=C1O[C@@H]2C(O)[C@H](O)O[C@H]2C1O. The molecule has 2 aliphatic rings. The van der Waals surface area contributed by atoms with Gasteiger partial charge >= 0.3 is 5.97 Å². The first-order valence-corrected chi connectivity index (χ1v) is 3.51. The Hall–Kier alpha value is -0.690. The summed E-state index contributed by atoms with van der Waals surface area (Å²) in [6.07, 6.45) is -5.94. The van der Waals surface area contributed by atoms with Crippen molar-refractivity contribution in [2.45, 2.75) is 30.7 Å². The van der Waals surface area contributed by atoms with Crippen LogP contribution in [0.3, 0.4) is 0 Å². The third-order valence-electron chi connectivity index (χ3n) is 2.05. The second kappa shape index (κ2) is 2.40. The Bertz CT molecular complexity index is 216. The summed E-state index contributed by atoms with van der Waals surface area (Å²) in [5.74, 6) is -0.823. The highest BCUT2D eigenvalue weighted by Crippen LogP contribution is 2.30. The van der Waals surface area contributed by atoms with Crippen molar-refractivity contribution in [1.29, 1.82) is 0 Å². The van der Waals surface area contributed by atoms with E-state index in [1.807, 2.05) is 0 Å². The molecular weight excluding hydrogens is 168 g/mol. The average molecular weight is 176 g/mol. The van der Waals surface area contributed by atoms with Gasteiger partial charge in [-0.15, -0.1) is 0 Å². The van der Waals surface area contributed by atoms with Gasteiger partial charge in [-0.05, 0) is 0 Å². The smallest absolute Gasteiger partial charge is 0.338 e. The summed E-state index contributed by atoms with van der Waals surface area (Å²) in [6, 6.07) is 0. The Balaban J connectivity index is 2.19. The topological polar surface area (TPSA) is 96.2 Å². The van der Waals surface area contributed by atoms with Gasteiger partial charge in [-0.3, -0.25) is 0 Å². The lowest BCUT2D eigenvalue weighted by molar-refractivity contribution is -0.168. The molecule has 2 saturated heterocycles. The van der Waals surface area contributed by atoms with E-state index in [1.165, 1.54) is 0 Å². The molecule has 0 radical (unpaired) electrons. The molecule has 6 nitrogen and oxygen atoms in total. The highest BCUT2D eigenvalue weighted by Gasteiger charge is 2.56. The number of aliphatic hydroxyl groups is 3. The predicted octanol–water partition coefficient (Wildman–Crippen LogP) is -2.65. The third kappa shape index (κ3) is 0.862. The fraction of sp³-hybridized carbons (Fsp3) is 0.833. The predicted molar refractivity (Wildman–Crippen MR) is 32.8 cm³/mol. The number of aliphatic hydroxyl groups excluding tert-OH is 3. The third-order valence-corrected chi connectivity index (χ3v) is 2.05. The molecule has 2 rings (SSSR count). The van der Waals surface area contributed by atoms with E-state index in [9.17, 15) is 4.79 Å². The molecule has 2 fully saturated rings. The van der Waals surface area contributed by atoms with Gasteiger partial charge in [-0.2, -0.15) is 0 Å². The Morgan fingerprint density at radius 1 is 1.17 bits per heavy atom. The molecular formula is C6H8O6. The monoisotopic (exact) mass is 176 g/mol. The van der Waals surface area contributed by atoms with Crippen LogP contribution < -0.4 is 0 Å². The number of ether oxygens (including phenoxy) is 2. The van der Waals surface area contributed by atoms with Crippen molar-refractivity contribution in [3.05, 3.63) is 0 Å². The van der Waals surface area contributed by atoms with Crippen molar-refractivity contribution >= 4 is 5.97 Å². The molecule has 0 saturated carbocycles. The van der Waals surface area contributed by atoms with Crippen molar-refractivity contribution in [2.75, 3.05) is 0 Å². The minimum absolute atomic E-state index is 0.823. The number of hydrogen-bond acceptors (Lipinski definition) is 6. The van der Waals surface area contributed by atoms with Gasteiger partial charge in [0.05, 0.1) is 0 Å². The summed E-state index contributed by atoms with van der Waals surface area (Å²) in [7, 11) is 0. The summed E-state index contributed by atoms with van der Waals surface area (Å²) in [6.45, 7) is 0. The first-order chi connectivity index (χ1) is 5.61. The molecule has 68 valence electrons. The van der Waals surface area contributed by atoms with Crippen molar-refractivity contribution in [1.82, 2.24) is 0 Å². The number of fused-ring (bicyclic) bond motifs is 1. The van der Waals surface area contributed by atoms with Gasteiger partial charge in [0.2, 0.25) is 0 Å². The van der Waals surface area contributed by atoms with Crippen LogP contribution in [0.4, 0.5) is 0 Å². The van der Waals surface area contributed by atoms with E-state index >= 15 is 0 Å². The van der Waals surface area contributed by atoms with Gasteiger partial charge in [-0.1, -0.05) is 0 Å². The van der Waals surface area contributed by atoms with Crippen LogP contribution in [0.25, 0.3) is 0 Å². The van der Waals surface area contributed by atoms with Crippen molar-refractivity contribution in [3.63, 3.8) is 0 Å². The molecule has 3 N–H and O–H groups in total. The molecule has 2 unspecified atom stereocenters. The van der Waals surface area contributed by atoms with Crippen LogP contribution in [0.5, 0.6) is 0 Å². The maximum Gasteiger partial charge on any atom is 0.338 e. The highest BCUT2D eigenvalue weighted by atomic mass is 16.7. The number of hydrogen-bond donors (Lipinski definition) is 3. The van der Waals surface area contributed by atoms with E-state index in [4.69, 9.17) is 15.3 Å². The molecule has 5 atom stereocenters. The Labute approximate surface area is 67.3 Å². The molecule has 0 bridgehead atoms. The average Bonchev–Trinajstić information content (AvgIpc) is 2.43. The maximum atomic E-state index is 10.7. The van der Waals surface area contributed by atoms with Gasteiger partial charge < -0.3 is 24.8 Å². The molecule has 0 aromatic carbocycles. The van der Waals surface area contributed by atoms with Crippen molar-refractivity contribution in [3.8, 4) is 0 Å². The highest BCUT2D eigenvalue weighted by molar-refractivity contribution is 5.78. The zero-order valence-electron chi connectivity index (χ0n) is 5.95. The summed E-state index contributed by atoms with van der Waals surface area (Å²) < 4.78 is 9.25. The summed E-state index contributed by atoms with van der Waals surface area (Å²) in [4.78, 5) is 10.7. The quantitative estimate of drug-likeness (QED) is 0.349. The summed E-state index contributed by atoms with van der Waals surface area (Å²) >= 11 is 0. The number of carbonyl (C=O) groups excluding carboxylic acids is 1. The van der Waals surface area contributed by atoms with Gasteiger partial charge in [0.15, 0.2) is 18.5 Å². The second-order valence-electron chi connectivity index (χ2n) is 2.83. The lowest BCUT2D eigenvalue weighted by Gasteiger charge is -2.10. The number of rotatable bonds is 0. The molecule has 6 heteroatoms. The molecule has 0 spiro atoms. The summed E-state index contributed by atoms with van der Waals surface area (Å²) in [5, 5.41) is 27.2. The number of esters is 1. The van der Waals surface area contributed by atoms with Crippen LogP contribution in [-0.2, 0) is 14.3 Å². The first-order valence-electron chi connectivity index (χ1n) is 3.51. The number of carbonyl (C=O) groups is 1. The van der Waals surface area contributed by atoms with Gasteiger partial charge in [0.25, 0.3) is 0 Å². The minimum atomic E-state index is -1.40. The van der Waals surface area contributed by atoms with E-state index in [0.717, 1.165) is 0 Å². The van der Waals surface area contributed by atoms with Crippen LogP contribution in [0, 0.1) is 0 Å². The van der Waals surface area contributed by atoms with Crippen LogP contribution in [0.1, 0.15) is 0 Å². The van der Waals surface area contributed by atoms with Crippen LogP contribution in [-0.4, -0.2) is 52.0 Å². The largest absolute Gasteiger partial charge is 0.454 e.